The van der Waals surface area contributed by atoms with Crippen LogP contribution in [0.5, 0.6) is 11.8 Å². The van der Waals surface area contributed by atoms with Crippen LogP contribution >= 0.6 is 0 Å². The summed E-state index contributed by atoms with van der Waals surface area (Å²) >= 11 is 0. The van der Waals surface area contributed by atoms with Crippen LogP contribution < -0.4 is 10.1 Å². The molecule has 2 saturated heterocycles. The van der Waals surface area contributed by atoms with Gasteiger partial charge in [-0.3, -0.25) is 0 Å². The number of halogens is 1. The molecule has 0 saturated carbocycles. The number of phenols is 1. The lowest BCUT2D eigenvalue weighted by molar-refractivity contribution is -0.0357. The highest BCUT2D eigenvalue weighted by Crippen LogP contribution is 2.39. The first kappa shape index (κ1) is 19.9. The predicted octanol–water partition coefficient (Wildman–Crippen LogP) is 3.07. The minimum atomic E-state index is -1.13. The van der Waals surface area contributed by atoms with E-state index in [1.54, 1.807) is 35.4 Å². The minimum absolute atomic E-state index is 0.0440. The molecule has 2 unspecified atom stereocenters. The summed E-state index contributed by atoms with van der Waals surface area (Å²) in [5, 5.41) is 22.0. The molecular formula is C22H25FN6O2. The molecule has 1 aromatic carbocycles. The number of aromatic nitrogens is 5. The van der Waals surface area contributed by atoms with Crippen molar-refractivity contribution in [1.82, 2.24) is 30.0 Å². The third kappa shape index (κ3) is 3.85. The first-order valence-corrected chi connectivity index (χ1v) is 10.5. The Bertz CT molecular complexity index is 1060. The molecule has 0 amide bonds. The fourth-order valence-electron chi connectivity index (χ4n) is 5.01. The number of nitrogens with zero attached hydrogens (tertiary/aromatic N) is 5. The Morgan fingerprint density at radius 2 is 2.16 bits per heavy atom. The van der Waals surface area contributed by atoms with E-state index in [1.807, 2.05) is 6.07 Å². The summed E-state index contributed by atoms with van der Waals surface area (Å²) in [7, 11) is 0. The number of imidazole rings is 1. The van der Waals surface area contributed by atoms with Crippen molar-refractivity contribution in [2.75, 3.05) is 0 Å². The molecule has 2 bridgehead atoms. The number of aromatic hydroxyl groups is 1. The monoisotopic (exact) mass is 424 g/mol. The number of piperidine rings is 2. The zero-order chi connectivity index (χ0) is 21.6. The Morgan fingerprint density at radius 3 is 2.87 bits per heavy atom. The molecule has 8 nitrogen and oxygen atoms in total. The van der Waals surface area contributed by atoms with Crippen LogP contribution in [-0.4, -0.2) is 53.7 Å². The fraction of sp³-hybridized carbons (Fsp3) is 0.455. The second kappa shape index (κ2) is 7.56. The van der Waals surface area contributed by atoms with Crippen molar-refractivity contribution in [1.29, 1.82) is 0 Å². The molecular weight excluding hydrogens is 399 g/mol. The highest BCUT2D eigenvalue weighted by atomic mass is 19.1. The summed E-state index contributed by atoms with van der Waals surface area (Å²) in [6.45, 7) is 4.29. The van der Waals surface area contributed by atoms with Gasteiger partial charge in [0.15, 0.2) is 6.17 Å². The molecule has 5 atom stereocenters. The molecule has 0 radical (unpaired) electrons. The Balaban J connectivity index is 1.32. The molecule has 2 N–H and O–H groups in total. The average molecular weight is 424 g/mol. The minimum Gasteiger partial charge on any atom is -0.507 e. The van der Waals surface area contributed by atoms with E-state index < -0.39 is 12.3 Å². The van der Waals surface area contributed by atoms with Crippen LogP contribution in [0.2, 0.25) is 0 Å². The summed E-state index contributed by atoms with van der Waals surface area (Å²) in [4.78, 5) is 8.22. The first-order chi connectivity index (χ1) is 14.9. The van der Waals surface area contributed by atoms with E-state index in [9.17, 15) is 9.50 Å². The Morgan fingerprint density at radius 1 is 1.29 bits per heavy atom. The summed E-state index contributed by atoms with van der Waals surface area (Å²) < 4.78 is 22.6. The van der Waals surface area contributed by atoms with E-state index in [0.717, 1.165) is 18.5 Å². The molecule has 31 heavy (non-hydrogen) atoms. The van der Waals surface area contributed by atoms with Crippen molar-refractivity contribution in [2.24, 2.45) is 5.92 Å². The van der Waals surface area contributed by atoms with Crippen LogP contribution in [0.15, 0.2) is 43.1 Å². The number of alkyl halides is 1. The maximum atomic E-state index is 15.0. The number of hydrogen-bond donors (Lipinski definition) is 2. The molecule has 2 fully saturated rings. The zero-order valence-corrected chi connectivity index (χ0v) is 17.4. The maximum absolute atomic E-state index is 15.0. The van der Waals surface area contributed by atoms with Gasteiger partial charge < -0.3 is 19.7 Å². The standard InChI is InChI=1S/C22H25FN6O2/c1-13-7-16-20(23)19(10-22(2,9-13)26-16)31-21-25-11-17(27-28-21)15-4-3-14(8-18(15)30)29-6-5-24-12-29/h3-6,8,11-13,16,19-20,26,30H,7,9-10H2,1-2H3/t13?,16?,19-,20-,22-/m0/s1. The van der Waals surface area contributed by atoms with Gasteiger partial charge in [-0.15, -0.1) is 5.10 Å². The lowest BCUT2D eigenvalue weighted by Crippen LogP contribution is -2.66. The predicted molar refractivity (Wildman–Crippen MR) is 112 cm³/mol. The van der Waals surface area contributed by atoms with Crippen molar-refractivity contribution < 1.29 is 14.2 Å². The van der Waals surface area contributed by atoms with Gasteiger partial charge in [0.25, 0.3) is 0 Å². The van der Waals surface area contributed by atoms with Crippen LogP contribution in [0.4, 0.5) is 4.39 Å². The van der Waals surface area contributed by atoms with Crippen LogP contribution in [0.25, 0.3) is 16.9 Å². The molecule has 0 aliphatic carbocycles. The zero-order valence-electron chi connectivity index (χ0n) is 17.4. The van der Waals surface area contributed by atoms with Crippen LogP contribution in [-0.2, 0) is 0 Å². The van der Waals surface area contributed by atoms with Crippen LogP contribution in [0.1, 0.15) is 33.1 Å². The number of fused-ring (bicyclic) bond motifs is 2. The van der Waals surface area contributed by atoms with Crippen molar-refractivity contribution in [3.8, 4) is 28.7 Å². The Labute approximate surface area is 179 Å². The molecule has 3 aromatic rings. The van der Waals surface area contributed by atoms with E-state index in [0.29, 0.717) is 23.6 Å². The summed E-state index contributed by atoms with van der Waals surface area (Å²) in [5.41, 5.74) is 1.53. The normalized spacial score (nSPS) is 30.2. The molecule has 2 aliphatic rings. The SMILES string of the molecule is CC1CC2N[C@@](C)(C1)C[C@H](Oc1ncc(-c3ccc(-n4ccnc4)cc3O)nn1)[C@H]2F. The van der Waals surface area contributed by atoms with Gasteiger partial charge >= 0.3 is 6.01 Å². The van der Waals surface area contributed by atoms with Crippen molar-refractivity contribution in [2.45, 2.75) is 57.0 Å². The number of phenolic OH excluding ortho intramolecular Hbond substituents is 1. The molecule has 2 aliphatic heterocycles. The molecule has 5 rings (SSSR count). The Hall–Kier alpha value is -3.07. The molecule has 9 heteroatoms. The highest BCUT2D eigenvalue weighted by molar-refractivity contribution is 5.67. The summed E-state index contributed by atoms with van der Waals surface area (Å²) in [6, 6.07) is 5.02. The number of hydrogen-bond acceptors (Lipinski definition) is 7. The van der Waals surface area contributed by atoms with Gasteiger partial charge in [-0.1, -0.05) is 12.0 Å². The molecule has 4 heterocycles. The topological polar surface area (TPSA) is 98.0 Å². The van der Waals surface area contributed by atoms with Crippen LogP contribution in [0.3, 0.4) is 0 Å². The van der Waals surface area contributed by atoms with Gasteiger partial charge in [-0.2, -0.15) is 0 Å². The quantitative estimate of drug-likeness (QED) is 0.664. The summed E-state index contributed by atoms with van der Waals surface area (Å²) in [5.74, 6) is 0.536. The van der Waals surface area contributed by atoms with Crippen molar-refractivity contribution >= 4 is 0 Å². The molecule has 162 valence electrons. The molecule has 0 spiro atoms. The van der Waals surface area contributed by atoms with Gasteiger partial charge in [0, 0.05) is 42.0 Å². The van der Waals surface area contributed by atoms with Crippen molar-refractivity contribution in [3.05, 3.63) is 43.1 Å². The van der Waals surface area contributed by atoms with Gasteiger partial charge in [-0.25, -0.2) is 14.4 Å². The number of nitrogens with one attached hydrogen (secondary N) is 1. The largest absolute Gasteiger partial charge is 0.507 e. The van der Waals surface area contributed by atoms with E-state index in [2.05, 4.69) is 39.3 Å². The van der Waals surface area contributed by atoms with E-state index in [-0.39, 0.29) is 23.3 Å². The third-order valence-corrected chi connectivity index (χ3v) is 6.24. The Kier molecular flexibility index (Phi) is 4.85. The highest BCUT2D eigenvalue weighted by Gasteiger charge is 2.49. The van der Waals surface area contributed by atoms with Crippen molar-refractivity contribution in [3.63, 3.8) is 0 Å². The maximum Gasteiger partial charge on any atom is 0.336 e. The van der Waals surface area contributed by atoms with Gasteiger partial charge in [0.2, 0.25) is 0 Å². The lowest BCUT2D eigenvalue weighted by atomic mass is 9.71. The van der Waals surface area contributed by atoms with E-state index in [1.165, 1.54) is 6.20 Å². The van der Waals surface area contributed by atoms with Gasteiger partial charge in [0.05, 0.1) is 18.2 Å². The summed E-state index contributed by atoms with van der Waals surface area (Å²) in [6.07, 6.45) is 7.18. The smallest absolute Gasteiger partial charge is 0.336 e. The lowest BCUT2D eigenvalue weighted by Gasteiger charge is -2.50. The van der Waals surface area contributed by atoms with Crippen LogP contribution in [0, 0.1) is 5.92 Å². The second-order valence-corrected chi connectivity index (χ2v) is 8.96. The van der Waals surface area contributed by atoms with E-state index >= 15 is 0 Å². The first-order valence-electron chi connectivity index (χ1n) is 10.5. The van der Waals surface area contributed by atoms with Gasteiger partial charge in [-0.05, 0) is 37.8 Å². The number of benzene rings is 1. The third-order valence-electron chi connectivity index (χ3n) is 6.24. The van der Waals surface area contributed by atoms with E-state index in [4.69, 9.17) is 4.74 Å². The number of ether oxygens (including phenoxy) is 1. The molecule has 2 aromatic heterocycles. The van der Waals surface area contributed by atoms with Gasteiger partial charge in [0.1, 0.15) is 17.5 Å². The fourth-order valence-corrected chi connectivity index (χ4v) is 5.01. The average Bonchev–Trinajstić information content (AvgIpc) is 3.27. The second-order valence-electron chi connectivity index (χ2n) is 8.96. The number of rotatable bonds is 4.